The molecule has 29 heavy (non-hydrogen) atoms. The summed E-state index contributed by atoms with van der Waals surface area (Å²) in [4.78, 5) is 12.4. The van der Waals surface area contributed by atoms with E-state index in [4.69, 9.17) is 9.47 Å². The van der Waals surface area contributed by atoms with E-state index in [1.807, 2.05) is 25.1 Å². The summed E-state index contributed by atoms with van der Waals surface area (Å²) >= 11 is 0. The van der Waals surface area contributed by atoms with Gasteiger partial charge in [0.25, 0.3) is 5.91 Å². The van der Waals surface area contributed by atoms with Crippen molar-refractivity contribution < 1.29 is 27.8 Å². The van der Waals surface area contributed by atoms with Gasteiger partial charge in [-0.15, -0.1) is 0 Å². The van der Waals surface area contributed by atoms with Crippen LogP contribution in [0.2, 0.25) is 0 Å². The summed E-state index contributed by atoms with van der Waals surface area (Å²) in [7, 11) is 1.36. The molecule has 5 nitrogen and oxygen atoms in total. The number of aryl methyl sites for hydroxylation is 1. The van der Waals surface area contributed by atoms with Gasteiger partial charge in [-0.25, -0.2) is 0 Å². The van der Waals surface area contributed by atoms with Crippen LogP contribution in [0.1, 0.15) is 43.4 Å². The summed E-state index contributed by atoms with van der Waals surface area (Å²) in [6, 6.07) is 10.3. The number of methoxy groups -OCH3 is 1. The molecule has 7 heteroatoms. The van der Waals surface area contributed by atoms with Crippen LogP contribution in [-0.4, -0.2) is 25.7 Å². The summed E-state index contributed by atoms with van der Waals surface area (Å²) in [5.74, 6) is 0.819. The lowest BCUT2D eigenvalue weighted by Crippen LogP contribution is -2.35. The lowest BCUT2D eigenvalue weighted by atomic mass is 9.98. The molecule has 0 saturated heterocycles. The maximum absolute atomic E-state index is 12.5. The van der Waals surface area contributed by atoms with Gasteiger partial charge < -0.3 is 19.5 Å². The van der Waals surface area contributed by atoms with Crippen molar-refractivity contribution in [3.63, 3.8) is 0 Å². The number of halogens is 2. The first-order valence-electron chi connectivity index (χ1n) is 9.38. The average molecular weight is 407 g/mol. The molecule has 0 aromatic heterocycles. The zero-order chi connectivity index (χ0) is 21.6. The molecule has 0 saturated carbocycles. The molecule has 0 aliphatic rings. The number of nitrogens with one attached hydrogen (secondary N) is 1. The molecule has 158 valence electrons. The van der Waals surface area contributed by atoms with E-state index in [9.17, 15) is 13.6 Å². The van der Waals surface area contributed by atoms with Crippen molar-refractivity contribution in [3.8, 4) is 17.2 Å². The van der Waals surface area contributed by atoms with Gasteiger partial charge in [-0.3, -0.25) is 4.79 Å². The van der Waals surface area contributed by atoms with Gasteiger partial charge >= 0.3 is 6.61 Å². The number of ether oxygens (including phenoxy) is 3. The molecule has 1 N–H and O–H groups in total. The number of rotatable bonds is 9. The van der Waals surface area contributed by atoms with Crippen molar-refractivity contribution in [1.82, 2.24) is 5.32 Å². The third-order valence-corrected chi connectivity index (χ3v) is 4.46. The first-order chi connectivity index (χ1) is 13.7. The Balaban J connectivity index is 1.97. The Kier molecular flexibility index (Phi) is 7.82. The third-order valence-electron chi connectivity index (χ3n) is 4.46. The second kappa shape index (κ2) is 10.1. The number of hydrogen-bond donors (Lipinski definition) is 1. The minimum Gasteiger partial charge on any atom is -0.493 e. The summed E-state index contributed by atoms with van der Waals surface area (Å²) < 4.78 is 40.2. The maximum Gasteiger partial charge on any atom is 0.387 e. The minimum absolute atomic E-state index is 0.0840. The largest absolute Gasteiger partial charge is 0.493 e. The number of benzene rings is 2. The summed E-state index contributed by atoms with van der Waals surface area (Å²) in [6.07, 6.45) is -0.714. The van der Waals surface area contributed by atoms with Gasteiger partial charge in [-0.05, 0) is 60.7 Å². The zero-order valence-electron chi connectivity index (χ0n) is 17.3. The molecule has 1 unspecified atom stereocenters. The summed E-state index contributed by atoms with van der Waals surface area (Å²) in [5.41, 5.74) is 2.94. The predicted molar refractivity (Wildman–Crippen MR) is 107 cm³/mol. The molecular weight excluding hydrogens is 380 g/mol. The molecule has 0 fully saturated rings. The van der Waals surface area contributed by atoms with Gasteiger partial charge in [0.1, 0.15) is 5.75 Å². The van der Waals surface area contributed by atoms with E-state index in [0.29, 0.717) is 17.2 Å². The summed E-state index contributed by atoms with van der Waals surface area (Å²) in [6.45, 7) is 5.08. The minimum atomic E-state index is -2.97. The first-order valence-corrected chi connectivity index (χ1v) is 9.38. The topological polar surface area (TPSA) is 56.8 Å². The molecule has 0 heterocycles. The van der Waals surface area contributed by atoms with Gasteiger partial charge in [0.05, 0.1) is 7.11 Å². The second-order valence-corrected chi connectivity index (χ2v) is 7.01. The molecule has 1 amide bonds. The van der Waals surface area contributed by atoms with Gasteiger partial charge in [-0.2, -0.15) is 8.78 Å². The van der Waals surface area contributed by atoms with Crippen LogP contribution >= 0.6 is 0 Å². The molecule has 0 aliphatic heterocycles. The van der Waals surface area contributed by atoms with Crippen LogP contribution < -0.4 is 19.5 Å². The number of amides is 1. The Morgan fingerprint density at radius 2 is 1.76 bits per heavy atom. The third kappa shape index (κ3) is 6.34. The molecule has 2 aromatic rings. The zero-order valence-corrected chi connectivity index (χ0v) is 17.3. The Labute approximate surface area is 170 Å². The van der Waals surface area contributed by atoms with Crippen LogP contribution in [0, 0.1) is 6.92 Å². The molecule has 0 spiro atoms. The molecule has 0 bridgehead atoms. The maximum atomic E-state index is 12.5. The Morgan fingerprint density at radius 1 is 1.03 bits per heavy atom. The second-order valence-electron chi connectivity index (χ2n) is 7.01. The highest BCUT2D eigenvalue weighted by atomic mass is 19.3. The van der Waals surface area contributed by atoms with E-state index in [1.54, 1.807) is 13.0 Å². The lowest BCUT2D eigenvalue weighted by Gasteiger charge is -2.17. The quantitative estimate of drug-likeness (QED) is 0.648. The Morgan fingerprint density at radius 3 is 2.34 bits per heavy atom. The lowest BCUT2D eigenvalue weighted by molar-refractivity contribution is -0.127. The predicted octanol–water partition coefficient (Wildman–Crippen LogP) is 4.81. The van der Waals surface area contributed by atoms with Crippen LogP contribution in [0.4, 0.5) is 8.78 Å². The normalized spacial score (nSPS) is 12.0. The molecule has 0 radical (unpaired) electrons. The number of alkyl halides is 2. The van der Waals surface area contributed by atoms with Gasteiger partial charge in [-0.1, -0.05) is 26.0 Å². The molecular formula is C22H27F2NO4. The SMILES string of the molecule is COc1ccc(CNC(=O)C(C)Oc2ccc(C(C)C)c(C)c2)cc1OC(F)F. The Bertz CT molecular complexity index is 840. The van der Waals surface area contributed by atoms with E-state index >= 15 is 0 Å². The summed E-state index contributed by atoms with van der Waals surface area (Å²) in [5, 5.41) is 2.73. The fourth-order valence-electron chi connectivity index (χ4n) is 2.98. The van der Waals surface area contributed by atoms with Crippen LogP contribution in [0.15, 0.2) is 36.4 Å². The van der Waals surface area contributed by atoms with Crippen molar-refractivity contribution in [3.05, 3.63) is 53.1 Å². The highest BCUT2D eigenvalue weighted by Gasteiger charge is 2.16. The molecule has 2 aromatic carbocycles. The van der Waals surface area contributed by atoms with E-state index in [1.165, 1.54) is 24.8 Å². The smallest absolute Gasteiger partial charge is 0.387 e. The molecule has 1 atom stereocenters. The number of carbonyl (C=O) groups excluding carboxylic acids is 1. The molecule has 0 aliphatic carbocycles. The van der Waals surface area contributed by atoms with E-state index in [0.717, 1.165) is 5.56 Å². The van der Waals surface area contributed by atoms with Crippen LogP contribution in [0.5, 0.6) is 17.2 Å². The standard InChI is InChI=1S/C22H27F2NO4/c1-13(2)18-8-7-17(10-14(18)3)28-15(4)21(26)25-12-16-6-9-19(27-5)20(11-16)29-22(23)24/h6-11,13,15,22H,12H2,1-5H3,(H,25,26). The van der Waals surface area contributed by atoms with Crippen LogP contribution in [0.25, 0.3) is 0 Å². The van der Waals surface area contributed by atoms with Crippen molar-refractivity contribution in [2.45, 2.75) is 52.9 Å². The monoisotopic (exact) mass is 407 g/mol. The van der Waals surface area contributed by atoms with E-state index in [2.05, 4.69) is 23.9 Å². The highest BCUT2D eigenvalue weighted by molar-refractivity contribution is 5.80. The first kappa shape index (κ1) is 22.5. The van der Waals surface area contributed by atoms with Crippen molar-refractivity contribution in [1.29, 1.82) is 0 Å². The van der Waals surface area contributed by atoms with Crippen LogP contribution in [-0.2, 0) is 11.3 Å². The van der Waals surface area contributed by atoms with Crippen molar-refractivity contribution in [2.24, 2.45) is 0 Å². The Hall–Kier alpha value is -2.83. The average Bonchev–Trinajstić information content (AvgIpc) is 2.65. The van der Waals surface area contributed by atoms with Gasteiger partial charge in [0.15, 0.2) is 17.6 Å². The van der Waals surface area contributed by atoms with E-state index < -0.39 is 12.7 Å². The van der Waals surface area contributed by atoms with Gasteiger partial charge in [0.2, 0.25) is 0 Å². The van der Waals surface area contributed by atoms with Crippen molar-refractivity contribution >= 4 is 5.91 Å². The molecule has 2 rings (SSSR count). The fraction of sp³-hybridized carbons (Fsp3) is 0.409. The van der Waals surface area contributed by atoms with E-state index in [-0.39, 0.29) is 24.0 Å². The van der Waals surface area contributed by atoms with Crippen molar-refractivity contribution in [2.75, 3.05) is 7.11 Å². The van der Waals surface area contributed by atoms with Gasteiger partial charge in [0, 0.05) is 6.54 Å². The number of hydrogen-bond acceptors (Lipinski definition) is 4. The number of carbonyl (C=O) groups is 1. The highest BCUT2D eigenvalue weighted by Crippen LogP contribution is 2.29. The fourth-order valence-corrected chi connectivity index (χ4v) is 2.98. The van der Waals surface area contributed by atoms with Crippen LogP contribution in [0.3, 0.4) is 0 Å².